The normalized spacial score (nSPS) is 19.7. The van der Waals surface area contributed by atoms with Gasteiger partial charge in [0.2, 0.25) is 11.8 Å². The number of benzene rings is 1. The van der Waals surface area contributed by atoms with Gasteiger partial charge in [0.25, 0.3) is 0 Å². The average molecular weight is 385 g/mol. The van der Waals surface area contributed by atoms with E-state index in [9.17, 15) is 9.59 Å². The van der Waals surface area contributed by atoms with Crippen molar-refractivity contribution in [3.63, 3.8) is 0 Å². The van der Waals surface area contributed by atoms with E-state index in [1.165, 1.54) is 0 Å². The number of carbonyl (C=O) groups is 2. The number of piperidine rings is 1. The molecule has 2 saturated heterocycles. The Bertz CT molecular complexity index is 619. The minimum Gasteiger partial charge on any atom is -0.381 e. The summed E-state index contributed by atoms with van der Waals surface area (Å²) in [5.41, 5.74) is 0.600. The van der Waals surface area contributed by atoms with Gasteiger partial charge in [0.15, 0.2) is 0 Å². The summed E-state index contributed by atoms with van der Waals surface area (Å²) in [6.45, 7) is 2.59. The number of likely N-dealkylation sites (tertiary alicyclic amines) is 1. The number of halogens is 2. The maximum absolute atomic E-state index is 12.5. The van der Waals surface area contributed by atoms with E-state index < -0.39 is 0 Å². The predicted molar refractivity (Wildman–Crippen MR) is 97.9 cm³/mol. The van der Waals surface area contributed by atoms with E-state index in [4.69, 9.17) is 27.9 Å². The first kappa shape index (κ1) is 18.5. The third-order valence-corrected chi connectivity index (χ3v) is 5.31. The molecule has 0 aromatic heterocycles. The van der Waals surface area contributed by atoms with Crippen molar-refractivity contribution < 1.29 is 14.3 Å². The summed E-state index contributed by atoms with van der Waals surface area (Å²) in [4.78, 5) is 26.9. The van der Waals surface area contributed by atoms with Crippen molar-refractivity contribution in [3.05, 3.63) is 28.2 Å². The maximum atomic E-state index is 12.5. The molecule has 1 N–H and O–H groups in total. The zero-order valence-electron chi connectivity index (χ0n) is 14.0. The second-order valence-corrected chi connectivity index (χ2v) is 7.51. The minimum atomic E-state index is -0.100. The van der Waals surface area contributed by atoms with E-state index in [0.717, 1.165) is 12.8 Å². The van der Waals surface area contributed by atoms with Crippen LogP contribution < -0.4 is 5.32 Å². The quantitative estimate of drug-likeness (QED) is 0.865. The lowest BCUT2D eigenvalue weighted by Crippen LogP contribution is -2.45. The Hall–Kier alpha value is -1.30. The van der Waals surface area contributed by atoms with Gasteiger partial charge in [0.1, 0.15) is 0 Å². The molecule has 0 bridgehead atoms. The van der Waals surface area contributed by atoms with Gasteiger partial charge in [-0.1, -0.05) is 23.2 Å². The zero-order chi connectivity index (χ0) is 17.8. The standard InChI is InChI=1S/C18H22Cl2N2O3/c19-14-9-15(20)11-16(10-14)21-17(23)12-1-5-22(6-2-12)18(24)13-3-7-25-8-4-13/h9-13H,1-8H2,(H,21,23). The average Bonchev–Trinajstić information content (AvgIpc) is 2.61. The molecule has 7 heteroatoms. The fraction of sp³-hybridized carbons (Fsp3) is 0.556. The van der Waals surface area contributed by atoms with Crippen LogP contribution in [0.1, 0.15) is 25.7 Å². The number of anilines is 1. The molecule has 0 spiro atoms. The number of nitrogens with one attached hydrogen (secondary N) is 1. The van der Waals surface area contributed by atoms with Gasteiger partial charge in [-0.3, -0.25) is 9.59 Å². The Labute approximate surface area is 157 Å². The van der Waals surface area contributed by atoms with Crippen molar-refractivity contribution in [2.75, 3.05) is 31.6 Å². The molecule has 0 unspecified atom stereocenters. The second-order valence-electron chi connectivity index (χ2n) is 6.63. The molecule has 0 saturated carbocycles. The van der Waals surface area contributed by atoms with Crippen LogP contribution in [0.4, 0.5) is 5.69 Å². The van der Waals surface area contributed by atoms with Crippen molar-refractivity contribution >= 4 is 40.7 Å². The van der Waals surface area contributed by atoms with E-state index in [0.29, 0.717) is 54.9 Å². The summed E-state index contributed by atoms with van der Waals surface area (Å²) in [5, 5.41) is 3.84. The van der Waals surface area contributed by atoms with Crippen LogP contribution in [0.25, 0.3) is 0 Å². The summed E-state index contributed by atoms with van der Waals surface area (Å²) in [6, 6.07) is 4.98. The van der Waals surface area contributed by atoms with Crippen molar-refractivity contribution in [3.8, 4) is 0 Å². The van der Waals surface area contributed by atoms with Gasteiger partial charge in [-0.15, -0.1) is 0 Å². The van der Waals surface area contributed by atoms with Crippen LogP contribution >= 0.6 is 23.2 Å². The molecule has 0 aliphatic carbocycles. The molecule has 2 heterocycles. The van der Waals surface area contributed by atoms with Crippen LogP contribution in [0.2, 0.25) is 10.0 Å². The molecule has 2 fully saturated rings. The molecule has 136 valence electrons. The van der Waals surface area contributed by atoms with Gasteiger partial charge in [0, 0.05) is 53.9 Å². The summed E-state index contributed by atoms with van der Waals surface area (Å²) in [7, 11) is 0. The molecule has 2 amide bonds. The number of rotatable bonds is 3. The van der Waals surface area contributed by atoms with Crippen LogP contribution in [0.3, 0.4) is 0 Å². The Kier molecular flexibility index (Phi) is 6.20. The Balaban J connectivity index is 1.51. The topological polar surface area (TPSA) is 58.6 Å². The van der Waals surface area contributed by atoms with Crippen molar-refractivity contribution in [2.24, 2.45) is 11.8 Å². The van der Waals surface area contributed by atoms with Gasteiger partial charge in [-0.05, 0) is 43.9 Å². The Morgan fingerprint density at radius 3 is 2.16 bits per heavy atom. The predicted octanol–water partition coefficient (Wildman–Crippen LogP) is 3.60. The summed E-state index contributed by atoms with van der Waals surface area (Å²) in [5.74, 6) is 0.143. The summed E-state index contributed by atoms with van der Waals surface area (Å²) < 4.78 is 5.32. The third-order valence-electron chi connectivity index (χ3n) is 4.88. The minimum absolute atomic E-state index is 0.0449. The molecule has 25 heavy (non-hydrogen) atoms. The summed E-state index contributed by atoms with van der Waals surface area (Å²) >= 11 is 11.9. The number of ether oxygens (including phenoxy) is 1. The van der Waals surface area contributed by atoms with E-state index in [1.807, 2.05) is 4.90 Å². The number of hydrogen-bond acceptors (Lipinski definition) is 3. The lowest BCUT2D eigenvalue weighted by molar-refractivity contribution is -0.141. The molecule has 1 aromatic carbocycles. The van der Waals surface area contributed by atoms with Crippen molar-refractivity contribution in [2.45, 2.75) is 25.7 Å². The molecule has 0 atom stereocenters. The second kappa shape index (κ2) is 8.39. The van der Waals surface area contributed by atoms with E-state index in [2.05, 4.69) is 5.32 Å². The van der Waals surface area contributed by atoms with E-state index >= 15 is 0 Å². The highest BCUT2D eigenvalue weighted by molar-refractivity contribution is 6.35. The number of amides is 2. The molecule has 1 aromatic rings. The monoisotopic (exact) mass is 384 g/mol. The van der Waals surface area contributed by atoms with Gasteiger partial charge >= 0.3 is 0 Å². The smallest absolute Gasteiger partial charge is 0.227 e. The van der Waals surface area contributed by atoms with Crippen LogP contribution in [0.15, 0.2) is 18.2 Å². The summed E-state index contributed by atoms with van der Waals surface area (Å²) in [6.07, 6.45) is 2.95. The first-order chi connectivity index (χ1) is 12.0. The lowest BCUT2D eigenvalue weighted by atomic mass is 9.93. The molecule has 5 nitrogen and oxygen atoms in total. The zero-order valence-corrected chi connectivity index (χ0v) is 15.5. The molecular formula is C18H22Cl2N2O3. The largest absolute Gasteiger partial charge is 0.381 e. The molecule has 2 aliphatic rings. The van der Waals surface area contributed by atoms with Gasteiger partial charge in [-0.25, -0.2) is 0 Å². The maximum Gasteiger partial charge on any atom is 0.227 e. The number of carbonyl (C=O) groups excluding carboxylic acids is 2. The van der Waals surface area contributed by atoms with Gasteiger partial charge in [0.05, 0.1) is 0 Å². The van der Waals surface area contributed by atoms with Gasteiger partial charge < -0.3 is 15.0 Å². The highest BCUT2D eigenvalue weighted by Crippen LogP contribution is 2.26. The molecular weight excluding hydrogens is 363 g/mol. The first-order valence-electron chi connectivity index (χ1n) is 8.66. The number of hydrogen-bond donors (Lipinski definition) is 1. The van der Waals surface area contributed by atoms with Gasteiger partial charge in [-0.2, -0.15) is 0 Å². The highest BCUT2D eigenvalue weighted by atomic mass is 35.5. The SMILES string of the molecule is O=C(Nc1cc(Cl)cc(Cl)c1)C1CCN(C(=O)C2CCOCC2)CC1. The van der Waals surface area contributed by atoms with Crippen LogP contribution in [-0.4, -0.2) is 43.0 Å². The Morgan fingerprint density at radius 1 is 0.960 bits per heavy atom. The molecule has 3 rings (SSSR count). The molecule has 0 radical (unpaired) electrons. The Morgan fingerprint density at radius 2 is 1.56 bits per heavy atom. The number of nitrogens with zero attached hydrogens (tertiary/aromatic N) is 1. The van der Waals surface area contributed by atoms with Crippen LogP contribution in [-0.2, 0) is 14.3 Å². The van der Waals surface area contributed by atoms with Crippen molar-refractivity contribution in [1.82, 2.24) is 4.90 Å². The van der Waals surface area contributed by atoms with Crippen molar-refractivity contribution in [1.29, 1.82) is 0 Å². The fourth-order valence-corrected chi connectivity index (χ4v) is 3.96. The van der Waals surface area contributed by atoms with Crippen LogP contribution in [0, 0.1) is 11.8 Å². The van der Waals surface area contributed by atoms with E-state index in [-0.39, 0.29) is 23.7 Å². The van der Waals surface area contributed by atoms with E-state index in [1.54, 1.807) is 18.2 Å². The first-order valence-corrected chi connectivity index (χ1v) is 9.42. The fourth-order valence-electron chi connectivity index (χ4n) is 3.44. The third kappa shape index (κ3) is 4.87. The highest BCUT2D eigenvalue weighted by Gasteiger charge is 2.31. The lowest BCUT2D eigenvalue weighted by Gasteiger charge is -2.34. The van der Waals surface area contributed by atoms with Crippen LogP contribution in [0.5, 0.6) is 0 Å². The molecule has 2 aliphatic heterocycles.